The molecule has 0 radical (unpaired) electrons. The minimum Gasteiger partial charge on any atom is -0.394 e. The Kier molecular flexibility index (Phi) is 45.4. The number of allylic oxidation sites excluding steroid dienone is 2. The summed E-state index contributed by atoms with van der Waals surface area (Å²) < 4.78 is 11.3. The van der Waals surface area contributed by atoms with Crippen LogP contribution in [-0.4, -0.2) is 87.5 Å². The van der Waals surface area contributed by atoms with E-state index in [2.05, 4.69) is 31.3 Å². The van der Waals surface area contributed by atoms with Crippen molar-refractivity contribution in [3.05, 3.63) is 12.2 Å². The summed E-state index contributed by atoms with van der Waals surface area (Å²) >= 11 is 0. The van der Waals surface area contributed by atoms with Crippen molar-refractivity contribution >= 4 is 5.91 Å². The molecule has 0 aromatic carbocycles. The first-order chi connectivity index (χ1) is 32.3. The minimum atomic E-state index is -1.55. The highest BCUT2D eigenvalue weighted by molar-refractivity contribution is 5.76. The maximum absolute atomic E-state index is 13.0. The summed E-state index contributed by atoms with van der Waals surface area (Å²) in [4.78, 5) is 13.0. The van der Waals surface area contributed by atoms with Crippen molar-refractivity contribution in [1.82, 2.24) is 5.32 Å². The quantitative estimate of drug-likeness (QED) is 0.0261. The number of hydrogen-bond acceptors (Lipinski definition) is 8. The van der Waals surface area contributed by atoms with Crippen molar-refractivity contribution in [3.8, 4) is 0 Å². The summed E-state index contributed by atoms with van der Waals surface area (Å²) in [7, 11) is 0. The van der Waals surface area contributed by atoms with Gasteiger partial charge in [0.2, 0.25) is 5.91 Å². The highest BCUT2D eigenvalue weighted by Gasteiger charge is 2.44. The molecule has 0 bridgehead atoms. The van der Waals surface area contributed by atoms with E-state index in [0.29, 0.717) is 12.8 Å². The lowest BCUT2D eigenvalue weighted by molar-refractivity contribution is -0.302. The Morgan fingerprint density at radius 3 is 1.23 bits per heavy atom. The number of rotatable bonds is 50. The monoisotopic (exact) mass is 938 g/mol. The Morgan fingerprint density at radius 2 is 0.848 bits per heavy atom. The predicted molar refractivity (Wildman–Crippen MR) is 277 cm³/mol. The minimum absolute atomic E-state index is 0.137. The number of aliphatic hydroxyl groups is 5. The van der Waals surface area contributed by atoms with Crippen LogP contribution in [0.4, 0.5) is 0 Å². The third-order valence-electron chi connectivity index (χ3n) is 14.1. The summed E-state index contributed by atoms with van der Waals surface area (Å²) in [5, 5.41) is 54.6. The van der Waals surface area contributed by atoms with Crippen LogP contribution in [0.5, 0.6) is 0 Å². The highest BCUT2D eigenvalue weighted by atomic mass is 16.7. The average molecular weight is 939 g/mol. The first kappa shape index (κ1) is 62.9. The molecule has 0 spiro atoms. The van der Waals surface area contributed by atoms with E-state index in [1.165, 1.54) is 212 Å². The van der Waals surface area contributed by atoms with Gasteiger partial charge in [-0.2, -0.15) is 0 Å². The zero-order valence-electron chi connectivity index (χ0n) is 43.5. The van der Waals surface area contributed by atoms with Gasteiger partial charge in [0.05, 0.1) is 25.4 Å². The van der Waals surface area contributed by atoms with Gasteiger partial charge in [-0.1, -0.05) is 257 Å². The summed E-state index contributed by atoms with van der Waals surface area (Å²) in [6.07, 6.45) is 51.1. The van der Waals surface area contributed by atoms with Crippen molar-refractivity contribution < 1.29 is 39.8 Å². The number of ether oxygens (including phenoxy) is 2. The van der Waals surface area contributed by atoms with Gasteiger partial charge in [-0.3, -0.25) is 4.79 Å². The third-order valence-corrected chi connectivity index (χ3v) is 14.1. The van der Waals surface area contributed by atoms with Gasteiger partial charge in [0, 0.05) is 6.42 Å². The maximum atomic E-state index is 13.0. The number of aliphatic hydroxyl groups excluding tert-OH is 5. The topological polar surface area (TPSA) is 149 Å². The predicted octanol–water partition coefficient (Wildman–Crippen LogP) is 14.0. The highest BCUT2D eigenvalue weighted by Crippen LogP contribution is 2.23. The molecule has 1 amide bonds. The Balaban J connectivity index is 2.14. The smallest absolute Gasteiger partial charge is 0.220 e. The van der Waals surface area contributed by atoms with Crippen LogP contribution in [-0.2, 0) is 14.3 Å². The molecule has 0 saturated carbocycles. The molecule has 0 aliphatic carbocycles. The van der Waals surface area contributed by atoms with Gasteiger partial charge in [0.15, 0.2) is 6.29 Å². The van der Waals surface area contributed by atoms with Crippen molar-refractivity contribution in [3.63, 3.8) is 0 Å². The second-order valence-electron chi connectivity index (χ2n) is 20.4. The second kappa shape index (κ2) is 47.6. The van der Waals surface area contributed by atoms with Crippen LogP contribution < -0.4 is 5.32 Å². The van der Waals surface area contributed by atoms with Crippen molar-refractivity contribution in [2.24, 2.45) is 0 Å². The molecule has 9 heteroatoms. The Bertz CT molecular complexity index is 1040. The fourth-order valence-corrected chi connectivity index (χ4v) is 9.51. The molecule has 6 N–H and O–H groups in total. The molecule has 9 nitrogen and oxygen atoms in total. The Labute approximate surface area is 407 Å². The molecular weight excluding hydrogens is 827 g/mol. The van der Waals surface area contributed by atoms with E-state index < -0.39 is 49.5 Å². The van der Waals surface area contributed by atoms with Crippen molar-refractivity contribution in [2.75, 3.05) is 13.2 Å². The van der Waals surface area contributed by atoms with Crippen LogP contribution in [0.15, 0.2) is 12.2 Å². The lowest BCUT2D eigenvalue weighted by atomic mass is 9.99. The van der Waals surface area contributed by atoms with Gasteiger partial charge in [-0.25, -0.2) is 0 Å². The van der Waals surface area contributed by atoms with E-state index in [4.69, 9.17) is 9.47 Å². The number of unbranched alkanes of at least 4 members (excludes halogenated alkanes) is 38. The molecule has 1 fully saturated rings. The van der Waals surface area contributed by atoms with Crippen LogP contribution >= 0.6 is 0 Å². The van der Waals surface area contributed by atoms with E-state index in [-0.39, 0.29) is 12.5 Å². The fourth-order valence-electron chi connectivity index (χ4n) is 9.51. The molecule has 1 rings (SSSR count). The van der Waals surface area contributed by atoms with E-state index >= 15 is 0 Å². The summed E-state index contributed by atoms with van der Waals surface area (Å²) in [6, 6.07) is -0.720. The van der Waals surface area contributed by atoms with Crippen LogP contribution in [0.25, 0.3) is 0 Å². The van der Waals surface area contributed by atoms with Crippen molar-refractivity contribution in [2.45, 2.75) is 333 Å². The molecule has 7 atom stereocenters. The Morgan fingerprint density at radius 1 is 0.500 bits per heavy atom. The van der Waals surface area contributed by atoms with Gasteiger partial charge >= 0.3 is 0 Å². The van der Waals surface area contributed by atoms with E-state index in [9.17, 15) is 30.3 Å². The van der Waals surface area contributed by atoms with Gasteiger partial charge < -0.3 is 40.3 Å². The number of amides is 1. The number of hydrogen-bond donors (Lipinski definition) is 6. The molecule has 66 heavy (non-hydrogen) atoms. The maximum Gasteiger partial charge on any atom is 0.220 e. The van der Waals surface area contributed by atoms with Crippen LogP contribution in [0.1, 0.15) is 290 Å². The first-order valence-corrected chi connectivity index (χ1v) is 28.9. The lowest BCUT2D eigenvalue weighted by Gasteiger charge is -2.40. The standard InChI is InChI=1S/C57H111NO8/c1-3-5-7-9-11-13-15-17-19-20-21-22-23-24-25-26-27-28-29-30-31-32-33-34-36-38-40-42-44-46-51(60)50(49-65-57-56(64)55(63)54(62)52(48-59)66-57)58-53(61)47-45-43-41-39-37-35-18-16-14-12-10-8-6-4-2/h16,18,50-52,54-57,59-60,62-64H,3-15,17,19-49H2,1-2H3,(H,58,61)/b18-16-. The molecule has 1 heterocycles. The summed E-state index contributed by atoms with van der Waals surface area (Å²) in [6.45, 7) is 3.85. The molecular formula is C57H111NO8. The van der Waals surface area contributed by atoms with Crippen molar-refractivity contribution in [1.29, 1.82) is 0 Å². The number of carbonyl (C=O) groups is 1. The largest absolute Gasteiger partial charge is 0.394 e. The lowest BCUT2D eigenvalue weighted by Crippen LogP contribution is -2.60. The summed E-state index contributed by atoms with van der Waals surface area (Å²) in [5.41, 5.74) is 0. The molecule has 7 unspecified atom stereocenters. The molecule has 1 aliphatic heterocycles. The molecule has 0 aromatic rings. The van der Waals surface area contributed by atoms with Crippen LogP contribution in [0.3, 0.4) is 0 Å². The van der Waals surface area contributed by atoms with E-state index in [0.717, 1.165) is 51.4 Å². The van der Waals surface area contributed by atoms with Crippen LogP contribution in [0, 0.1) is 0 Å². The number of nitrogens with one attached hydrogen (secondary N) is 1. The average Bonchev–Trinajstić information content (AvgIpc) is 3.32. The fraction of sp³-hybridized carbons (Fsp3) is 0.947. The molecule has 1 aliphatic rings. The van der Waals surface area contributed by atoms with E-state index in [1.807, 2.05) is 0 Å². The Hall–Kier alpha value is -1.07. The van der Waals surface area contributed by atoms with Crippen LogP contribution in [0.2, 0.25) is 0 Å². The van der Waals surface area contributed by atoms with Gasteiger partial charge in [-0.05, 0) is 38.5 Å². The molecule has 392 valence electrons. The second-order valence-corrected chi connectivity index (χ2v) is 20.4. The zero-order valence-corrected chi connectivity index (χ0v) is 43.5. The first-order valence-electron chi connectivity index (χ1n) is 28.9. The normalized spacial score (nSPS) is 19.8. The van der Waals surface area contributed by atoms with E-state index in [1.54, 1.807) is 0 Å². The summed E-state index contributed by atoms with van der Waals surface area (Å²) in [5.74, 6) is -0.149. The SMILES string of the molecule is CCCCCCC/C=C\CCCCCCCC(=O)NC(COC1OC(CO)C(O)C(O)C1O)C(O)CCCCCCCCCCCCCCCCCCCCCCCCCCCCCCC. The molecule has 1 saturated heterocycles. The van der Waals surface area contributed by atoms with Gasteiger partial charge in [0.25, 0.3) is 0 Å². The molecule has 0 aromatic heterocycles. The van der Waals surface area contributed by atoms with Gasteiger partial charge in [-0.15, -0.1) is 0 Å². The third kappa shape index (κ3) is 36.9. The van der Waals surface area contributed by atoms with Gasteiger partial charge in [0.1, 0.15) is 24.4 Å². The number of carbonyl (C=O) groups excluding carboxylic acids is 1. The zero-order chi connectivity index (χ0) is 48.0.